The van der Waals surface area contributed by atoms with E-state index >= 15 is 0 Å². The van der Waals surface area contributed by atoms with Crippen molar-refractivity contribution in [3.8, 4) is 0 Å². The van der Waals surface area contributed by atoms with Gasteiger partial charge in [0.25, 0.3) is 0 Å². The highest BCUT2D eigenvalue weighted by Gasteiger charge is 2.03. The van der Waals surface area contributed by atoms with Gasteiger partial charge in [0.05, 0.1) is 5.69 Å². The highest BCUT2D eigenvalue weighted by Crippen LogP contribution is 2.22. The summed E-state index contributed by atoms with van der Waals surface area (Å²) < 4.78 is 13.1. The smallest absolute Gasteiger partial charge is 0.148 e. The lowest BCUT2D eigenvalue weighted by Gasteiger charge is -2.02. The number of anilines is 1. The number of halogens is 2. The second-order valence-electron chi connectivity index (χ2n) is 2.85. The van der Waals surface area contributed by atoms with Crippen molar-refractivity contribution in [2.24, 2.45) is 0 Å². The van der Waals surface area contributed by atoms with Gasteiger partial charge in [0.15, 0.2) is 0 Å². The van der Waals surface area contributed by atoms with Crippen LogP contribution in [-0.4, -0.2) is 13.6 Å². The molecule has 0 aliphatic heterocycles. The van der Waals surface area contributed by atoms with Gasteiger partial charge in [-0.3, -0.25) is 0 Å². The van der Waals surface area contributed by atoms with Crippen molar-refractivity contribution in [3.05, 3.63) is 34.6 Å². The lowest BCUT2D eigenvalue weighted by atomic mass is 10.1. The van der Waals surface area contributed by atoms with Gasteiger partial charge in [-0.25, -0.2) is 4.39 Å². The normalized spacial score (nSPS) is 11.1. The molecule has 76 valence electrons. The summed E-state index contributed by atoms with van der Waals surface area (Å²) in [7, 11) is 1.83. The molecule has 0 amide bonds. The number of likely N-dealkylation sites (N-methyl/N-ethyl adjacent to an activating group) is 1. The van der Waals surface area contributed by atoms with Crippen LogP contribution in [0, 0.1) is 5.82 Å². The molecular weight excluding hydrogens is 203 g/mol. The number of benzene rings is 1. The molecule has 0 saturated heterocycles. The average molecular weight is 215 g/mol. The van der Waals surface area contributed by atoms with Gasteiger partial charge in [-0.05, 0) is 19.2 Å². The molecule has 4 heteroatoms. The summed E-state index contributed by atoms with van der Waals surface area (Å²) in [5.41, 5.74) is 6.26. The van der Waals surface area contributed by atoms with E-state index < -0.39 is 5.82 Å². The summed E-state index contributed by atoms with van der Waals surface area (Å²) in [6.07, 6.45) is 3.59. The monoisotopic (exact) mass is 214 g/mol. The van der Waals surface area contributed by atoms with Gasteiger partial charge in [0.2, 0.25) is 0 Å². The number of nitrogens with two attached hydrogens (primary N) is 1. The minimum Gasteiger partial charge on any atom is -0.396 e. The van der Waals surface area contributed by atoms with Crippen LogP contribution in [0.25, 0.3) is 6.08 Å². The Bertz CT molecular complexity index is 350. The van der Waals surface area contributed by atoms with Crippen LogP contribution in [0.5, 0.6) is 0 Å². The van der Waals surface area contributed by atoms with Crippen molar-refractivity contribution in [2.45, 2.75) is 0 Å². The Labute approximate surface area is 87.6 Å². The Morgan fingerprint density at radius 1 is 1.57 bits per heavy atom. The maximum atomic E-state index is 13.1. The maximum absolute atomic E-state index is 13.1. The first-order valence-corrected chi connectivity index (χ1v) is 4.58. The van der Waals surface area contributed by atoms with Gasteiger partial charge in [-0.1, -0.05) is 23.8 Å². The van der Waals surface area contributed by atoms with Crippen molar-refractivity contribution < 1.29 is 4.39 Å². The van der Waals surface area contributed by atoms with E-state index in [4.69, 9.17) is 17.3 Å². The van der Waals surface area contributed by atoms with Crippen molar-refractivity contribution in [1.82, 2.24) is 5.32 Å². The first-order chi connectivity index (χ1) is 6.65. The number of hydrogen-bond donors (Lipinski definition) is 2. The summed E-state index contributed by atoms with van der Waals surface area (Å²) in [6, 6.07) is 2.83. The third-order valence-electron chi connectivity index (χ3n) is 1.75. The largest absolute Gasteiger partial charge is 0.396 e. The molecule has 1 aromatic rings. The highest BCUT2D eigenvalue weighted by molar-refractivity contribution is 6.30. The van der Waals surface area contributed by atoms with Crippen molar-refractivity contribution in [3.63, 3.8) is 0 Å². The zero-order valence-electron chi connectivity index (χ0n) is 7.85. The lowest BCUT2D eigenvalue weighted by molar-refractivity contribution is 0.632. The standard InChI is InChI=1S/C10H12ClFN2/c1-14-4-2-3-7-5-8(11)6-9(12)10(7)13/h2-3,5-6,14H,4,13H2,1H3. The Hall–Kier alpha value is -1.06. The zero-order chi connectivity index (χ0) is 10.6. The molecule has 0 aromatic heterocycles. The second-order valence-corrected chi connectivity index (χ2v) is 3.29. The molecule has 0 aliphatic carbocycles. The molecule has 0 atom stereocenters. The topological polar surface area (TPSA) is 38.0 Å². The van der Waals surface area contributed by atoms with E-state index in [1.807, 2.05) is 13.1 Å². The van der Waals surface area contributed by atoms with Gasteiger partial charge in [-0.2, -0.15) is 0 Å². The van der Waals surface area contributed by atoms with E-state index in [1.165, 1.54) is 6.07 Å². The Morgan fingerprint density at radius 2 is 2.29 bits per heavy atom. The van der Waals surface area contributed by atoms with Crippen LogP contribution < -0.4 is 11.1 Å². The van der Waals surface area contributed by atoms with Gasteiger partial charge in [-0.15, -0.1) is 0 Å². The van der Waals surface area contributed by atoms with E-state index in [2.05, 4.69) is 5.32 Å². The third-order valence-corrected chi connectivity index (χ3v) is 1.96. The predicted octanol–water partition coefficient (Wildman–Crippen LogP) is 2.29. The minimum atomic E-state index is -0.485. The van der Waals surface area contributed by atoms with E-state index in [0.29, 0.717) is 17.1 Å². The molecule has 0 bridgehead atoms. The predicted molar refractivity (Wildman–Crippen MR) is 58.8 cm³/mol. The maximum Gasteiger partial charge on any atom is 0.148 e. The quantitative estimate of drug-likeness (QED) is 0.758. The first-order valence-electron chi connectivity index (χ1n) is 4.21. The summed E-state index contributed by atoms with van der Waals surface area (Å²) in [6.45, 7) is 0.702. The highest BCUT2D eigenvalue weighted by atomic mass is 35.5. The van der Waals surface area contributed by atoms with E-state index in [1.54, 1.807) is 12.1 Å². The Morgan fingerprint density at radius 3 is 2.93 bits per heavy atom. The van der Waals surface area contributed by atoms with E-state index in [0.717, 1.165) is 0 Å². The van der Waals surface area contributed by atoms with E-state index in [9.17, 15) is 4.39 Å². The molecule has 0 spiro atoms. The fourth-order valence-corrected chi connectivity index (χ4v) is 1.26. The van der Waals surface area contributed by atoms with Gasteiger partial charge >= 0.3 is 0 Å². The molecule has 3 N–H and O–H groups in total. The molecule has 1 rings (SSSR count). The number of nitrogens with one attached hydrogen (secondary N) is 1. The average Bonchev–Trinajstić information content (AvgIpc) is 2.13. The molecular formula is C10H12ClFN2. The van der Waals surface area contributed by atoms with Crippen LogP contribution in [0.4, 0.5) is 10.1 Å². The van der Waals surface area contributed by atoms with E-state index in [-0.39, 0.29) is 5.69 Å². The second kappa shape index (κ2) is 4.98. The molecule has 2 nitrogen and oxygen atoms in total. The molecule has 1 aromatic carbocycles. The molecule has 0 unspecified atom stereocenters. The first kappa shape index (κ1) is 11.0. The van der Waals surface area contributed by atoms with Gasteiger partial charge < -0.3 is 11.1 Å². The lowest BCUT2D eigenvalue weighted by Crippen LogP contribution is -2.04. The molecule has 0 saturated carbocycles. The summed E-state index contributed by atoms with van der Waals surface area (Å²) >= 11 is 5.69. The Balaban J connectivity index is 2.96. The SMILES string of the molecule is CNCC=Cc1cc(Cl)cc(F)c1N. The number of hydrogen-bond acceptors (Lipinski definition) is 2. The van der Waals surface area contributed by atoms with Crippen LogP contribution in [0.15, 0.2) is 18.2 Å². The molecule has 0 aliphatic rings. The van der Waals surface area contributed by atoms with Crippen LogP contribution >= 0.6 is 11.6 Å². The number of nitrogen functional groups attached to an aromatic ring is 1. The third kappa shape index (κ3) is 2.72. The summed E-state index contributed by atoms with van der Waals surface area (Å²) in [4.78, 5) is 0. The fourth-order valence-electron chi connectivity index (χ4n) is 1.05. The van der Waals surface area contributed by atoms with Gasteiger partial charge in [0.1, 0.15) is 5.82 Å². The minimum absolute atomic E-state index is 0.127. The summed E-state index contributed by atoms with van der Waals surface area (Å²) in [5.74, 6) is -0.485. The van der Waals surface area contributed by atoms with Crippen LogP contribution in [-0.2, 0) is 0 Å². The van der Waals surface area contributed by atoms with Crippen LogP contribution in [0.2, 0.25) is 5.02 Å². The van der Waals surface area contributed by atoms with Gasteiger partial charge in [0, 0.05) is 17.1 Å². The zero-order valence-corrected chi connectivity index (χ0v) is 8.61. The number of rotatable bonds is 3. The van der Waals surface area contributed by atoms with Crippen molar-refractivity contribution in [1.29, 1.82) is 0 Å². The van der Waals surface area contributed by atoms with Crippen LogP contribution in [0.3, 0.4) is 0 Å². The molecule has 0 fully saturated rings. The molecule has 0 heterocycles. The fraction of sp³-hybridized carbons (Fsp3) is 0.200. The molecule has 14 heavy (non-hydrogen) atoms. The van der Waals surface area contributed by atoms with Crippen LogP contribution in [0.1, 0.15) is 5.56 Å². The van der Waals surface area contributed by atoms with Crippen molar-refractivity contribution >= 4 is 23.4 Å². The summed E-state index contributed by atoms with van der Waals surface area (Å²) in [5, 5.41) is 3.28. The molecule has 0 radical (unpaired) electrons. The Kier molecular flexibility index (Phi) is 3.92. The van der Waals surface area contributed by atoms with Crippen molar-refractivity contribution in [2.75, 3.05) is 19.3 Å².